The molecule has 0 aliphatic carbocycles. The van der Waals surface area contributed by atoms with Gasteiger partial charge in [-0.3, -0.25) is 10.2 Å². The Morgan fingerprint density at radius 3 is 2.69 bits per heavy atom. The zero-order valence-corrected chi connectivity index (χ0v) is 14.7. The summed E-state index contributed by atoms with van der Waals surface area (Å²) in [4.78, 5) is 13.8. The molecule has 2 amide bonds. The van der Waals surface area contributed by atoms with Crippen molar-refractivity contribution in [2.45, 2.75) is 25.4 Å². The van der Waals surface area contributed by atoms with Crippen molar-refractivity contribution >= 4 is 11.7 Å². The molecule has 1 heterocycles. The average Bonchev–Trinajstić information content (AvgIpc) is 2.63. The molecule has 1 aliphatic heterocycles. The maximum Gasteiger partial charge on any atom is 0.322 e. The van der Waals surface area contributed by atoms with Crippen LogP contribution in [0.15, 0.2) is 48.5 Å². The molecular weight excluding hydrogens is 336 g/mol. The van der Waals surface area contributed by atoms with E-state index in [1.807, 2.05) is 12.1 Å². The van der Waals surface area contributed by atoms with Crippen molar-refractivity contribution in [3.05, 3.63) is 65.7 Å². The maximum atomic E-state index is 13.3. The van der Waals surface area contributed by atoms with Crippen LogP contribution in [0, 0.1) is 17.6 Å². The van der Waals surface area contributed by atoms with E-state index in [1.165, 1.54) is 29.2 Å². The van der Waals surface area contributed by atoms with Crippen LogP contribution in [0.2, 0.25) is 0 Å². The Kier molecular flexibility index (Phi) is 5.83. The smallest absolute Gasteiger partial charge is 0.322 e. The molecule has 138 valence electrons. The van der Waals surface area contributed by atoms with Gasteiger partial charge in [0.1, 0.15) is 11.6 Å². The van der Waals surface area contributed by atoms with Crippen molar-refractivity contribution in [1.82, 2.24) is 10.6 Å². The number of piperidine rings is 1. The Morgan fingerprint density at radius 1 is 1.19 bits per heavy atom. The molecule has 0 aromatic heterocycles. The first kappa shape index (κ1) is 18.3. The van der Waals surface area contributed by atoms with Gasteiger partial charge in [-0.2, -0.15) is 0 Å². The van der Waals surface area contributed by atoms with Crippen LogP contribution in [0.5, 0.6) is 0 Å². The quantitative estimate of drug-likeness (QED) is 0.875. The van der Waals surface area contributed by atoms with Crippen molar-refractivity contribution in [2.24, 2.45) is 5.92 Å². The molecule has 1 fully saturated rings. The topological polar surface area (TPSA) is 44.4 Å². The molecule has 0 spiro atoms. The third kappa shape index (κ3) is 4.79. The van der Waals surface area contributed by atoms with Crippen LogP contribution in [0.3, 0.4) is 0 Å². The minimum Gasteiger partial charge on any atom is -0.322 e. The summed E-state index contributed by atoms with van der Waals surface area (Å²) in [5, 5.41) is 6.25. The van der Waals surface area contributed by atoms with Gasteiger partial charge in [0.05, 0.1) is 6.17 Å². The molecule has 4 nitrogen and oxygen atoms in total. The van der Waals surface area contributed by atoms with E-state index < -0.39 is 0 Å². The molecule has 0 saturated carbocycles. The fourth-order valence-corrected chi connectivity index (χ4v) is 3.29. The second-order valence-corrected chi connectivity index (χ2v) is 6.72. The summed E-state index contributed by atoms with van der Waals surface area (Å²) in [6.07, 6.45) is 2.51. The van der Waals surface area contributed by atoms with E-state index in [-0.39, 0.29) is 23.8 Å². The van der Waals surface area contributed by atoms with Crippen molar-refractivity contribution < 1.29 is 13.6 Å². The van der Waals surface area contributed by atoms with Gasteiger partial charge in [-0.1, -0.05) is 18.2 Å². The molecular formula is C20H23F2N3O. The molecule has 26 heavy (non-hydrogen) atoms. The van der Waals surface area contributed by atoms with E-state index in [9.17, 15) is 13.6 Å². The van der Waals surface area contributed by atoms with Gasteiger partial charge in [0.2, 0.25) is 0 Å². The van der Waals surface area contributed by atoms with Crippen molar-refractivity contribution in [1.29, 1.82) is 0 Å². The number of hydrogen-bond acceptors (Lipinski definition) is 2. The van der Waals surface area contributed by atoms with E-state index in [2.05, 4.69) is 10.6 Å². The van der Waals surface area contributed by atoms with Gasteiger partial charge < -0.3 is 5.32 Å². The Labute approximate surface area is 152 Å². The summed E-state index contributed by atoms with van der Waals surface area (Å²) in [5.41, 5.74) is 1.60. The number of halogens is 2. The summed E-state index contributed by atoms with van der Waals surface area (Å²) >= 11 is 0. The number of amides is 2. The second kappa shape index (κ2) is 8.27. The maximum absolute atomic E-state index is 13.3. The predicted molar refractivity (Wildman–Crippen MR) is 98.0 cm³/mol. The van der Waals surface area contributed by atoms with Gasteiger partial charge in [0, 0.05) is 12.7 Å². The largest absolute Gasteiger partial charge is 0.322 e. The predicted octanol–water partition coefficient (Wildman–Crippen LogP) is 3.68. The lowest BCUT2D eigenvalue weighted by Crippen LogP contribution is -2.53. The normalized spacial score (nSPS) is 19.8. The Balaban J connectivity index is 1.55. The Morgan fingerprint density at radius 2 is 1.96 bits per heavy atom. The van der Waals surface area contributed by atoms with Gasteiger partial charge in [0.25, 0.3) is 0 Å². The van der Waals surface area contributed by atoms with E-state index in [4.69, 9.17) is 0 Å². The van der Waals surface area contributed by atoms with Crippen LogP contribution in [0.1, 0.15) is 18.4 Å². The van der Waals surface area contributed by atoms with Crippen molar-refractivity contribution in [2.75, 3.05) is 18.5 Å². The van der Waals surface area contributed by atoms with Gasteiger partial charge in [-0.15, -0.1) is 0 Å². The summed E-state index contributed by atoms with van der Waals surface area (Å²) < 4.78 is 26.4. The molecule has 3 rings (SSSR count). The minimum atomic E-state index is -0.377. The third-order valence-electron chi connectivity index (χ3n) is 4.75. The third-order valence-corrected chi connectivity index (χ3v) is 4.75. The van der Waals surface area contributed by atoms with Crippen LogP contribution in [0.25, 0.3) is 0 Å². The molecule has 2 aromatic carbocycles. The minimum absolute atomic E-state index is 0.141. The highest BCUT2D eigenvalue weighted by Gasteiger charge is 2.24. The molecule has 0 radical (unpaired) electrons. The van der Waals surface area contributed by atoms with Gasteiger partial charge >= 0.3 is 6.03 Å². The number of carbonyl (C=O) groups excluding carboxylic acids is 1. The van der Waals surface area contributed by atoms with Crippen LogP contribution in [0.4, 0.5) is 19.3 Å². The van der Waals surface area contributed by atoms with Crippen molar-refractivity contribution in [3.63, 3.8) is 0 Å². The molecule has 1 saturated heterocycles. The van der Waals surface area contributed by atoms with Gasteiger partial charge in [0.15, 0.2) is 0 Å². The van der Waals surface area contributed by atoms with E-state index in [0.29, 0.717) is 11.6 Å². The molecule has 2 atom stereocenters. The van der Waals surface area contributed by atoms with Crippen LogP contribution >= 0.6 is 0 Å². The van der Waals surface area contributed by atoms with Crippen LogP contribution in [-0.4, -0.2) is 25.8 Å². The molecule has 2 aromatic rings. The first-order chi connectivity index (χ1) is 12.5. The lowest BCUT2D eigenvalue weighted by molar-refractivity contribution is 0.226. The molecule has 1 aliphatic rings. The zero-order chi connectivity index (χ0) is 18.5. The molecule has 2 N–H and O–H groups in total. The molecule has 6 heteroatoms. The lowest BCUT2D eigenvalue weighted by atomic mass is 9.89. The highest BCUT2D eigenvalue weighted by atomic mass is 19.1. The zero-order valence-electron chi connectivity index (χ0n) is 14.7. The van der Waals surface area contributed by atoms with E-state index >= 15 is 0 Å². The number of rotatable bonds is 4. The summed E-state index contributed by atoms with van der Waals surface area (Å²) in [7, 11) is 1.61. The monoisotopic (exact) mass is 359 g/mol. The standard InChI is InChI=1S/C20H23F2N3O/c1-25(18-4-2-3-17(22)13-18)20(26)24-19-12-15(9-10-23-19)11-14-5-7-16(21)8-6-14/h2-8,13,15,19,23H,9-12H2,1H3,(H,24,26). The number of benzene rings is 2. The number of nitrogens with one attached hydrogen (secondary N) is 2. The van der Waals surface area contributed by atoms with Gasteiger partial charge in [-0.05, 0) is 67.6 Å². The van der Waals surface area contributed by atoms with Gasteiger partial charge in [-0.25, -0.2) is 13.6 Å². The SMILES string of the molecule is CN(C(=O)NC1CC(Cc2ccc(F)cc2)CCN1)c1cccc(F)c1. The fourth-order valence-electron chi connectivity index (χ4n) is 3.29. The molecule has 2 unspecified atom stereocenters. The number of urea groups is 1. The fraction of sp³-hybridized carbons (Fsp3) is 0.350. The number of anilines is 1. The van der Waals surface area contributed by atoms with E-state index in [0.717, 1.165) is 31.4 Å². The average molecular weight is 359 g/mol. The Hall–Kier alpha value is -2.47. The summed E-state index contributed by atoms with van der Waals surface area (Å²) in [6, 6.07) is 12.2. The van der Waals surface area contributed by atoms with Crippen LogP contribution < -0.4 is 15.5 Å². The Bertz CT molecular complexity index is 751. The number of carbonyl (C=O) groups is 1. The van der Waals surface area contributed by atoms with E-state index in [1.54, 1.807) is 19.2 Å². The highest BCUT2D eigenvalue weighted by molar-refractivity contribution is 5.91. The number of hydrogen-bond donors (Lipinski definition) is 2. The highest BCUT2D eigenvalue weighted by Crippen LogP contribution is 2.21. The number of nitrogens with zero attached hydrogens (tertiary/aromatic N) is 1. The molecule has 0 bridgehead atoms. The summed E-state index contributed by atoms with van der Waals surface area (Å²) in [6.45, 7) is 0.806. The van der Waals surface area contributed by atoms with Crippen molar-refractivity contribution in [3.8, 4) is 0 Å². The first-order valence-corrected chi connectivity index (χ1v) is 8.79. The summed E-state index contributed by atoms with van der Waals surface area (Å²) in [5.74, 6) is -0.201. The van der Waals surface area contributed by atoms with Crippen LogP contribution in [-0.2, 0) is 6.42 Å². The second-order valence-electron chi connectivity index (χ2n) is 6.72. The first-order valence-electron chi connectivity index (χ1n) is 8.79. The lowest BCUT2D eigenvalue weighted by Gasteiger charge is -2.32.